The highest BCUT2D eigenvalue weighted by Gasteiger charge is 2.31. The van der Waals surface area contributed by atoms with Gasteiger partial charge in [-0.15, -0.1) is 0 Å². The number of carbonyl (C=O) groups excluding carboxylic acids is 1. The number of hydrogen-bond donors (Lipinski definition) is 0. The van der Waals surface area contributed by atoms with Crippen molar-refractivity contribution >= 4 is 5.78 Å². The smallest absolute Gasteiger partial charge is 0.163 e. The minimum absolute atomic E-state index is 0.0862. The third kappa shape index (κ3) is 7.81. The topological polar surface area (TPSA) is 35.5 Å². The molecule has 3 nitrogen and oxygen atoms in total. The Morgan fingerprint density at radius 2 is 1.90 bits per heavy atom. The molecule has 20 heavy (non-hydrogen) atoms. The minimum atomic E-state index is -0.471. The Hall–Kier alpha value is -0.670. The first kappa shape index (κ1) is 17.4. The Kier molecular flexibility index (Phi) is 8.08. The number of allylic oxidation sites excluding steroid dienone is 1. The van der Waals surface area contributed by atoms with Crippen LogP contribution in [-0.4, -0.2) is 24.3 Å². The first-order chi connectivity index (χ1) is 9.53. The summed E-state index contributed by atoms with van der Waals surface area (Å²) in [6.07, 6.45) is 12.5. The van der Waals surface area contributed by atoms with E-state index in [9.17, 15) is 4.79 Å². The van der Waals surface area contributed by atoms with Crippen molar-refractivity contribution in [1.29, 1.82) is 0 Å². The maximum Gasteiger partial charge on any atom is 0.163 e. The summed E-state index contributed by atoms with van der Waals surface area (Å²) in [7, 11) is 0. The van der Waals surface area contributed by atoms with Crippen molar-refractivity contribution in [2.45, 2.75) is 84.0 Å². The Morgan fingerprint density at radius 3 is 2.55 bits per heavy atom. The molecular weight excluding hydrogens is 252 g/mol. The van der Waals surface area contributed by atoms with Crippen molar-refractivity contribution in [2.24, 2.45) is 0 Å². The summed E-state index contributed by atoms with van der Waals surface area (Å²) in [6.45, 7) is 6.66. The minimum Gasteiger partial charge on any atom is -0.348 e. The molecule has 1 saturated heterocycles. The van der Waals surface area contributed by atoms with E-state index in [0.29, 0.717) is 13.0 Å². The van der Waals surface area contributed by atoms with Gasteiger partial charge >= 0.3 is 0 Å². The summed E-state index contributed by atoms with van der Waals surface area (Å²) in [4.78, 5) is 11.7. The molecular formula is C17H30O3. The zero-order chi connectivity index (χ0) is 14.8. The Balaban J connectivity index is 2.03. The van der Waals surface area contributed by atoms with Gasteiger partial charge in [0.15, 0.2) is 11.6 Å². The molecule has 0 spiro atoms. The van der Waals surface area contributed by atoms with Crippen LogP contribution in [-0.2, 0) is 14.3 Å². The summed E-state index contributed by atoms with van der Waals surface area (Å²) in [5.74, 6) is -0.236. The maximum atomic E-state index is 11.7. The summed E-state index contributed by atoms with van der Waals surface area (Å²) in [5.41, 5.74) is 0. The molecule has 0 amide bonds. The lowest BCUT2D eigenvalue weighted by molar-refractivity contribution is -0.137. The van der Waals surface area contributed by atoms with Gasteiger partial charge in [0.2, 0.25) is 0 Å². The van der Waals surface area contributed by atoms with E-state index >= 15 is 0 Å². The summed E-state index contributed by atoms with van der Waals surface area (Å²) in [6, 6.07) is 0. The fraction of sp³-hybridized carbons (Fsp3) is 0.824. The van der Waals surface area contributed by atoms with Crippen LogP contribution in [0.3, 0.4) is 0 Å². The number of unbranched alkanes of at least 4 members (excludes halogenated alkanes) is 5. The zero-order valence-electron chi connectivity index (χ0n) is 13.3. The van der Waals surface area contributed by atoms with E-state index in [2.05, 4.69) is 6.92 Å². The third-order valence-corrected chi connectivity index (χ3v) is 3.55. The predicted octanol–water partition coefficient (Wildman–Crippen LogP) is 4.40. The van der Waals surface area contributed by atoms with E-state index in [-0.39, 0.29) is 11.9 Å². The number of rotatable bonds is 10. The Morgan fingerprint density at radius 1 is 1.20 bits per heavy atom. The van der Waals surface area contributed by atoms with Gasteiger partial charge in [-0.05, 0) is 32.8 Å². The van der Waals surface area contributed by atoms with Crippen molar-refractivity contribution in [1.82, 2.24) is 0 Å². The van der Waals surface area contributed by atoms with Crippen molar-refractivity contribution in [2.75, 3.05) is 6.61 Å². The van der Waals surface area contributed by atoms with Crippen LogP contribution in [0.15, 0.2) is 12.2 Å². The Bertz CT molecular complexity index is 307. The number of ether oxygens (including phenoxy) is 2. The van der Waals surface area contributed by atoms with Crippen LogP contribution in [0.5, 0.6) is 0 Å². The molecule has 0 bridgehead atoms. The van der Waals surface area contributed by atoms with Gasteiger partial charge < -0.3 is 9.47 Å². The molecule has 0 saturated carbocycles. The van der Waals surface area contributed by atoms with Gasteiger partial charge in [0.1, 0.15) is 0 Å². The fourth-order valence-electron chi connectivity index (χ4n) is 2.39. The van der Waals surface area contributed by atoms with Crippen LogP contribution in [0, 0.1) is 0 Å². The summed E-state index contributed by atoms with van der Waals surface area (Å²) in [5, 5.41) is 0. The van der Waals surface area contributed by atoms with E-state index in [4.69, 9.17) is 9.47 Å². The van der Waals surface area contributed by atoms with E-state index in [1.54, 1.807) is 6.08 Å². The van der Waals surface area contributed by atoms with Crippen molar-refractivity contribution in [3.05, 3.63) is 12.2 Å². The summed E-state index contributed by atoms with van der Waals surface area (Å²) < 4.78 is 11.2. The number of carbonyl (C=O) groups is 1. The van der Waals surface area contributed by atoms with Crippen LogP contribution >= 0.6 is 0 Å². The highest BCUT2D eigenvalue weighted by atomic mass is 16.7. The van der Waals surface area contributed by atoms with Crippen molar-refractivity contribution in [3.63, 3.8) is 0 Å². The molecule has 0 aliphatic carbocycles. The second kappa shape index (κ2) is 9.30. The fourth-order valence-corrected chi connectivity index (χ4v) is 2.39. The molecule has 1 fully saturated rings. The zero-order valence-corrected chi connectivity index (χ0v) is 13.3. The van der Waals surface area contributed by atoms with E-state index < -0.39 is 5.79 Å². The molecule has 1 heterocycles. The normalized spacial score (nSPS) is 21.6. The van der Waals surface area contributed by atoms with E-state index in [0.717, 1.165) is 12.8 Å². The van der Waals surface area contributed by atoms with E-state index in [1.807, 2.05) is 19.9 Å². The molecule has 0 radical (unpaired) electrons. The molecule has 0 aromatic heterocycles. The standard InChI is InChI=1S/C17H30O3/c1-4-5-6-7-8-9-11-15(18)12-10-13-16-14-19-17(2,3)20-16/h10,12,16H,4-9,11,13-14H2,1-3H3/t16-/m0/s1. The molecule has 3 heteroatoms. The van der Waals surface area contributed by atoms with Crippen molar-refractivity contribution in [3.8, 4) is 0 Å². The molecule has 1 atom stereocenters. The van der Waals surface area contributed by atoms with Gasteiger partial charge in [-0.3, -0.25) is 4.79 Å². The van der Waals surface area contributed by atoms with E-state index in [1.165, 1.54) is 32.1 Å². The second-order valence-electron chi connectivity index (χ2n) is 6.07. The highest BCUT2D eigenvalue weighted by Crippen LogP contribution is 2.24. The molecule has 1 aliphatic rings. The number of ketones is 1. The Labute approximate surface area is 123 Å². The molecule has 0 unspecified atom stereocenters. The van der Waals surface area contributed by atoms with Gasteiger partial charge in [-0.25, -0.2) is 0 Å². The molecule has 1 aliphatic heterocycles. The largest absolute Gasteiger partial charge is 0.348 e. The van der Waals surface area contributed by atoms with Crippen LogP contribution in [0.2, 0.25) is 0 Å². The quantitative estimate of drug-likeness (QED) is 0.440. The lowest BCUT2D eigenvalue weighted by atomic mass is 10.1. The lowest BCUT2D eigenvalue weighted by Crippen LogP contribution is -2.21. The van der Waals surface area contributed by atoms with Gasteiger partial charge in [0, 0.05) is 6.42 Å². The SMILES string of the molecule is CCCCCCCCC(=O)C=CC[C@H]1COC(C)(C)O1. The van der Waals surface area contributed by atoms with Crippen molar-refractivity contribution < 1.29 is 14.3 Å². The first-order valence-corrected chi connectivity index (χ1v) is 8.04. The highest BCUT2D eigenvalue weighted by molar-refractivity contribution is 5.89. The molecule has 0 N–H and O–H groups in total. The molecule has 1 rings (SSSR count). The average Bonchev–Trinajstić information content (AvgIpc) is 2.73. The van der Waals surface area contributed by atoms with Crippen LogP contribution in [0.4, 0.5) is 0 Å². The van der Waals surface area contributed by atoms with Crippen LogP contribution in [0.1, 0.15) is 72.1 Å². The average molecular weight is 282 g/mol. The van der Waals surface area contributed by atoms with Crippen LogP contribution < -0.4 is 0 Å². The van der Waals surface area contributed by atoms with Gasteiger partial charge in [0.05, 0.1) is 12.7 Å². The molecule has 116 valence electrons. The maximum absolute atomic E-state index is 11.7. The predicted molar refractivity (Wildman–Crippen MR) is 81.7 cm³/mol. The number of hydrogen-bond acceptors (Lipinski definition) is 3. The van der Waals surface area contributed by atoms with Gasteiger partial charge in [0.25, 0.3) is 0 Å². The van der Waals surface area contributed by atoms with Gasteiger partial charge in [-0.1, -0.05) is 45.1 Å². The molecule has 0 aromatic rings. The second-order valence-corrected chi connectivity index (χ2v) is 6.07. The van der Waals surface area contributed by atoms with Crippen LogP contribution in [0.25, 0.3) is 0 Å². The lowest BCUT2D eigenvalue weighted by Gasteiger charge is -2.16. The monoisotopic (exact) mass is 282 g/mol. The summed E-state index contributed by atoms with van der Waals surface area (Å²) >= 11 is 0. The third-order valence-electron chi connectivity index (χ3n) is 3.55. The first-order valence-electron chi connectivity index (χ1n) is 8.04. The molecule has 0 aromatic carbocycles. The van der Waals surface area contributed by atoms with Gasteiger partial charge in [-0.2, -0.15) is 0 Å².